The Hall–Kier alpha value is -6.02. The molecule has 0 spiro atoms. The molecule has 9 N–H and O–H groups in total. The van der Waals surface area contributed by atoms with Gasteiger partial charge in [-0.3, -0.25) is 65.8 Å². The van der Waals surface area contributed by atoms with E-state index in [1.165, 1.54) is 0 Å². The number of alkyl halides is 3. The van der Waals surface area contributed by atoms with Crippen molar-refractivity contribution in [1.82, 2.24) is 82.9 Å². The molecule has 31 heteroatoms. The number of imide groups is 2. The van der Waals surface area contributed by atoms with Crippen molar-refractivity contribution in [1.29, 1.82) is 0 Å². The number of ether oxygens (including phenoxy) is 2. The topological polar surface area (TPSA) is 279 Å². The van der Waals surface area contributed by atoms with Crippen molar-refractivity contribution in [3.63, 3.8) is 0 Å². The zero-order valence-electron chi connectivity index (χ0n) is 36.8. The number of morpholine rings is 1. The van der Waals surface area contributed by atoms with E-state index in [2.05, 4.69) is 47.8 Å². The summed E-state index contributed by atoms with van der Waals surface area (Å²) in [6, 6.07) is -0.747. The third kappa shape index (κ3) is 13.8. The van der Waals surface area contributed by atoms with Crippen LogP contribution in [0.15, 0.2) is 18.2 Å². The summed E-state index contributed by atoms with van der Waals surface area (Å²) in [5.74, 6) is -1.96. The lowest BCUT2D eigenvalue weighted by atomic mass is 10.0. The van der Waals surface area contributed by atoms with Crippen LogP contribution in [0.4, 0.5) is 27.6 Å². The number of hydrogen-bond donors (Lipinski definition) is 9. The van der Waals surface area contributed by atoms with Crippen LogP contribution in [0, 0.1) is 0 Å². The molecule has 8 amide bonds. The molecule has 7 unspecified atom stereocenters. The minimum atomic E-state index is -4.65. The zero-order valence-corrected chi connectivity index (χ0v) is 39.3. The van der Waals surface area contributed by atoms with Crippen molar-refractivity contribution < 1.29 is 56.2 Å². The van der Waals surface area contributed by atoms with E-state index in [4.69, 9.17) is 51.1 Å². The number of cyclic esters (lactones) is 1. The fourth-order valence-electron chi connectivity index (χ4n) is 8.45. The number of esters is 2. The average molecular weight is 1030 g/mol. The Balaban J connectivity index is 1.05. The molecule has 5 saturated heterocycles. The van der Waals surface area contributed by atoms with Crippen molar-refractivity contribution in [3.8, 4) is 0 Å². The molecule has 6 aliphatic heterocycles. The first-order valence-corrected chi connectivity index (χ1v) is 23.2. The standard InChI is InChI=1S/C38H51F3N16O9S3/c39-38(40,41)27-17-55(35(62)46-27)49-33(68)44-10-6-26-31(61)66-24-15-52(11-2-8-42-32(67)50-56-18-28(58)47-36(56)63)23-7-12-53(13-21-3-1-4-22(45-21)14-54(26)16-24)25(30(60)65-20-23)5-9-43-34(69)51-57-19-29(59)48-37(57)64/h1,3-4,23-27H,2,5-20H2,(H,46,62)(H2,42,50,67)(H2,43,51,69)(H2,44,49,68)(H,47,58,63)(H,48,59,64). The number of pyridine rings is 1. The summed E-state index contributed by atoms with van der Waals surface area (Å²) < 4.78 is 51.8. The normalized spacial score (nSPS) is 26.4. The Morgan fingerprint density at radius 2 is 1.28 bits per heavy atom. The van der Waals surface area contributed by atoms with Gasteiger partial charge in [-0.05, 0) is 74.5 Å². The first kappa shape index (κ1) is 50.8. The number of carbonyl (C=O) groups is 7. The van der Waals surface area contributed by atoms with Crippen LogP contribution in [0.1, 0.15) is 37.1 Å². The van der Waals surface area contributed by atoms with Crippen LogP contribution in [-0.4, -0.2) is 200 Å². The van der Waals surface area contributed by atoms with Gasteiger partial charge >= 0.3 is 36.2 Å². The molecule has 1 aromatic heterocycles. The SMILES string of the molecule is O=C1CN(NC(=S)NCCCN2CC3CN(Cc4cccc(n4)CN4CCC2COC(=O)C4CCNC(=S)NN2CC(=O)NC2=O)C(CCNC(=S)NN2CC(C(F)(F)F)NC2=O)C(=O)O3)C(=O)N1. The molecule has 0 radical (unpaired) electrons. The molecule has 0 aromatic carbocycles. The Labute approximate surface area is 408 Å². The molecule has 7 rings (SSSR count). The number of halogens is 3. The van der Waals surface area contributed by atoms with Gasteiger partial charge in [-0.1, -0.05) is 6.07 Å². The summed E-state index contributed by atoms with van der Waals surface area (Å²) in [5, 5.41) is 17.9. The van der Waals surface area contributed by atoms with Gasteiger partial charge in [0.2, 0.25) is 11.8 Å². The highest BCUT2D eigenvalue weighted by atomic mass is 32.1. The fourth-order valence-corrected chi connectivity index (χ4v) is 9.09. The Kier molecular flexibility index (Phi) is 16.7. The first-order valence-electron chi connectivity index (χ1n) is 21.9. The predicted octanol–water partition coefficient (Wildman–Crippen LogP) is -2.65. The number of hydrazine groups is 3. The molecule has 6 bridgehead atoms. The Morgan fingerprint density at radius 3 is 1.84 bits per heavy atom. The van der Waals surface area contributed by atoms with E-state index in [1.54, 1.807) is 0 Å². The third-order valence-corrected chi connectivity index (χ3v) is 12.5. The Morgan fingerprint density at radius 1 is 0.710 bits per heavy atom. The van der Waals surface area contributed by atoms with Gasteiger partial charge < -0.3 is 30.7 Å². The van der Waals surface area contributed by atoms with Crippen molar-refractivity contribution >= 4 is 93.8 Å². The monoisotopic (exact) mass is 1030 g/mol. The number of rotatable bonds is 13. The summed E-state index contributed by atoms with van der Waals surface area (Å²) in [6.07, 6.45) is -3.90. The third-order valence-electron chi connectivity index (χ3n) is 11.8. The lowest BCUT2D eigenvalue weighted by Gasteiger charge is -2.43. The smallest absolute Gasteiger partial charge is 0.410 e. The molecule has 0 aliphatic carbocycles. The second kappa shape index (κ2) is 22.6. The maximum atomic E-state index is 14.0. The number of nitrogens with zero attached hydrogens (tertiary/aromatic N) is 7. The minimum absolute atomic E-state index is 0.0104. The second-order valence-electron chi connectivity index (χ2n) is 16.7. The number of aromatic nitrogens is 1. The number of nitrogens with one attached hydrogen (secondary N) is 9. The highest BCUT2D eigenvalue weighted by Crippen LogP contribution is 2.25. The highest BCUT2D eigenvalue weighted by Gasteiger charge is 2.47. The average Bonchev–Trinajstić information content (AvgIpc) is 3.92. The fraction of sp³-hybridized carbons (Fsp3) is 0.605. The zero-order chi connectivity index (χ0) is 49.4. The largest absolute Gasteiger partial charge is 0.463 e. The summed E-state index contributed by atoms with van der Waals surface area (Å²) >= 11 is 16.0. The number of urea groups is 3. The molecule has 25 nitrogen and oxygen atoms in total. The number of amides is 8. The van der Waals surface area contributed by atoms with Gasteiger partial charge in [0.05, 0.1) is 17.9 Å². The number of carbonyl (C=O) groups excluding carboxylic acids is 7. The summed E-state index contributed by atoms with van der Waals surface area (Å²) in [6.45, 7) is 1.34. The number of fused-ring (bicyclic) bond motifs is 7. The van der Waals surface area contributed by atoms with Gasteiger partial charge in [-0.2, -0.15) is 13.2 Å². The van der Waals surface area contributed by atoms with E-state index < -0.39 is 78.8 Å². The maximum Gasteiger partial charge on any atom is 0.410 e. The molecule has 7 heterocycles. The van der Waals surface area contributed by atoms with E-state index in [1.807, 2.05) is 33.3 Å². The van der Waals surface area contributed by atoms with E-state index in [0.717, 1.165) is 15.0 Å². The lowest BCUT2D eigenvalue weighted by Crippen LogP contribution is -2.58. The van der Waals surface area contributed by atoms with Crippen molar-refractivity contribution in [2.24, 2.45) is 0 Å². The predicted molar refractivity (Wildman–Crippen MR) is 244 cm³/mol. The van der Waals surface area contributed by atoms with Crippen molar-refractivity contribution in [2.75, 3.05) is 72.1 Å². The van der Waals surface area contributed by atoms with Crippen LogP contribution in [0.2, 0.25) is 0 Å². The Bertz CT molecular complexity index is 2200. The molecule has 69 heavy (non-hydrogen) atoms. The van der Waals surface area contributed by atoms with Gasteiger partial charge in [0.1, 0.15) is 43.9 Å². The molecule has 1 aromatic rings. The second-order valence-corrected chi connectivity index (χ2v) is 18.0. The molecule has 6 aliphatic rings. The van der Waals surface area contributed by atoms with Gasteiger partial charge in [-0.25, -0.2) is 29.4 Å². The van der Waals surface area contributed by atoms with Gasteiger partial charge in [0, 0.05) is 64.9 Å². The van der Waals surface area contributed by atoms with Crippen LogP contribution in [-0.2, 0) is 41.7 Å². The quantitative estimate of drug-likeness (QED) is 0.0422. The van der Waals surface area contributed by atoms with Gasteiger partial charge in [-0.15, -0.1) is 0 Å². The van der Waals surface area contributed by atoms with Crippen LogP contribution < -0.4 is 48.2 Å². The molecular formula is C38H51F3N16O9S3. The minimum Gasteiger partial charge on any atom is -0.463 e. The van der Waals surface area contributed by atoms with E-state index in [9.17, 15) is 46.7 Å². The van der Waals surface area contributed by atoms with E-state index in [0.29, 0.717) is 43.9 Å². The number of hydrogen-bond acceptors (Lipinski definition) is 16. The van der Waals surface area contributed by atoms with Crippen molar-refractivity contribution in [2.45, 2.75) is 75.2 Å². The summed E-state index contributed by atoms with van der Waals surface area (Å²) in [7, 11) is 0. The highest BCUT2D eigenvalue weighted by molar-refractivity contribution is 7.80. The van der Waals surface area contributed by atoms with Crippen LogP contribution in [0.5, 0.6) is 0 Å². The van der Waals surface area contributed by atoms with E-state index in [-0.39, 0.29) is 93.2 Å². The van der Waals surface area contributed by atoms with Crippen molar-refractivity contribution in [3.05, 3.63) is 29.6 Å². The summed E-state index contributed by atoms with van der Waals surface area (Å²) in [5.41, 5.74) is 9.10. The first-order chi connectivity index (χ1) is 32.9. The number of thiocarbonyl (C=S) groups is 3. The van der Waals surface area contributed by atoms with Gasteiger partial charge in [0.25, 0.3) is 0 Å². The summed E-state index contributed by atoms with van der Waals surface area (Å²) in [4.78, 5) is 98.4. The van der Waals surface area contributed by atoms with E-state index >= 15 is 0 Å². The molecule has 5 fully saturated rings. The van der Waals surface area contributed by atoms with Crippen LogP contribution >= 0.6 is 36.7 Å². The van der Waals surface area contributed by atoms with Crippen LogP contribution in [0.25, 0.3) is 0 Å². The maximum absolute atomic E-state index is 14.0. The van der Waals surface area contributed by atoms with Gasteiger partial charge in [0.15, 0.2) is 15.3 Å². The molecule has 376 valence electrons. The van der Waals surface area contributed by atoms with Crippen LogP contribution in [0.3, 0.4) is 0 Å². The molecule has 0 saturated carbocycles. The molecular weight excluding hydrogens is 978 g/mol. The molecule has 7 atom stereocenters. The lowest BCUT2D eigenvalue weighted by molar-refractivity contribution is -0.170.